The lowest BCUT2D eigenvalue weighted by Crippen LogP contribution is -2.49. The Labute approximate surface area is 116 Å². The second kappa shape index (κ2) is 7.24. The van der Waals surface area contributed by atoms with E-state index in [0.717, 1.165) is 12.0 Å². The standard InChI is InChI=1S/C15H25N3O/c1-5-12(4)14(16)15(19)18(11(2)3)10-13-7-6-8-17-9-13/h6-9,11-12,14H,5,10,16H2,1-4H3/t12-,14-/m0/s1. The van der Waals surface area contributed by atoms with Crippen molar-refractivity contribution in [2.45, 2.75) is 52.7 Å². The molecule has 0 aliphatic carbocycles. The second-order valence-electron chi connectivity index (χ2n) is 5.33. The quantitative estimate of drug-likeness (QED) is 0.856. The van der Waals surface area contributed by atoms with Crippen LogP contribution in [-0.4, -0.2) is 27.9 Å². The third kappa shape index (κ3) is 4.31. The van der Waals surface area contributed by atoms with Gasteiger partial charge in [0.15, 0.2) is 0 Å². The molecule has 1 aromatic heterocycles. The lowest BCUT2D eigenvalue weighted by molar-refractivity contribution is -0.136. The van der Waals surface area contributed by atoms with E-state index in [-0.39, 0.29) is 17.9 Å². The summed E-state index contributed by atoms with van der Waals surface area (Å²) in [6.45, 7) is 8.66. The van der Waals surface area contributed by atoms with Gasteiger partial charge in [0, 0.05) is 25.0 Å². The number of carbonyl (C=O) groups excluding carboxylic acids is 1. The summed E-state index contributed by atoms with van der Waals surface area (Å²) < 4.78 is 0. The van der Waals surface area contributed by atoms with E-state index in [1.54, 1.807) is 12.4 Å². The normalized spacial score (nSPS) is 14.2. The molecule has 1 rings (SSSR count). The van der Waals surface area contributed by atoms with Crippen molar-refractivity contribution in [2.75, 3.05) is 0 Å². The number of hydrogen-bond donors (Lipinski definition) is 1. The number of aromatic nitrogens is 1. The van der Waals surface area contributed by atoms with E-state index in [1.165, 1.54) is 0 Å². The first-order valence-corrected chi connectivity index (χ1v) is 6.92. The van der Waals surface area contributed by atoms with Gasteiger partial charge in [-0.1, -0.05) is 26.3 Å². The van der Waals surface area contributed by atoms with Gasteiger partial charge in [-0.3, -0.25) is 9.78 Å². The molecule has 106 valence electrons. The molecule has 0 spiro atoms. The van der Waals surface area contributed by atoms with Crippen LogP contribution in [0, 0.1) is 5.92 Å². The van der Waals surface area contributed by atoms with E-state index in [0.29, 0.717) is 6.54 Å². The lowest BCUT2D eigenvalue weighted by atomic mass is 9.98. The van der Waals surface area contributed by atoms with Gasteiger partial charge in [0.05, 0.1) is 6.04 Å². The molecule has 0 aromatic carbocycles. The molecule has 19 heavy (non-hydrogen) atoms. The van der Waals surface area contributed by atoms with Gasteiger partial charge in [0.1, 0.15) is 0 Å². The van der Waals surface area contributed by atoms with Gasteiger partial charge >= 0.3 is 0 Å². The van der Waals surface area contributed by atoms with Crippen molar-refractivity contribution in [3.63, 3.8) is 0 Å². The van der Waals surface area contributed by atoms with E-state index in [9.17, 15) is 4.79 Å². The Morgan fingerprint density at radius 2 is 2.11 bits per heavy atom. The molecule has 0 aliphatic heterocycles. The molecule has 1 aromatic rings. The Kier molecular flexibility index (Phi) is 5.96. The highest BCUT2D eigenvalue weighted by Gasteiger charge is 2.26. The molecule has 0 bridgehead atoms. The molecule has 2 atom stereocenters. The number of nitrogens with zero attached hydrogens (tertiary/aromatic N) is 2. The monoisotopic (exact) mass is 263 g/mol. The Balaban J connectivity index is 2.80. The van der Waals surface area contributed by atoms with Gasteiger partial charge in [0.25, 0.3) is 0 Å². The van der Waals surface area contributed by atoms with E-state index < -0.39 is 6.04 Å². The van der Waals surface area contributed by atoms with Crippen LogP contribution in [0.1, 0.15) is 39.7 Å². The zero-order valence-corrected chi connectivity index (χ0v) is 12.3. The highest BCUT2D eigenvalue weighted by molar-refractivity contribution is 5.82. The number of carbonyl (C=O) groups is 1. The van der Waals surface area contributed by atoms with Crippen molar-refractivity contribution in [2.24, 2.45) is 11.7 Å². The maximum atomic E-state index is 12.5. The average Bonchev–Trinajstić information content (AvgIpc) is 2.43. The molecule has 0 radical (unpaired) electrons. The van der Waals surface area contributed by atoms with Crippen molar-refractivity contribution in [1.82, 2.24) is 9.88 Å². The van der Waals surface area contributed by atoms with E-state index in [1.807, 2.05) is 37.8 Å². The summed E-state index contributed by atoms with van der Waals surface area (Å²) in [4.78, 5) is 18.4. The predicted molar refractivity (Wildman–Crippen MR) is 77.4 cm³/mol. The number of nitrogens with two attached hydrogens (primary N) is 1. The van der Waals surface area contributed by atoms with E-state index in [2.05, 4.69) is 11.9 Å². The summed E-state index contributed by atoms with van der Waals surface area (Å²) in [5, 5.41) is 0. The molecular weight excluding hydrogens is 238 g/mol. The van der Waals surface area contributed by atoms with E-state index >= 15 is 0 Å². The van der Waals surface area contributed by atoms with Crippen molar-refractivity contribution in [3.8, 4) is 0 Å². The molecule has 0 saturated heterocycles. The van der Waals surface area contributed by atoms with Gasteiger partial charge in [-0.05, 0) is 31.4 Å². The Morgan fingerprint density at radius 3 is 2.58 bits per heavy atom. The third-order valence-electron chi connectivity index (χ3n) is 3.52. The van der Waals surface area contributed by atoms with Gasteiger partial charge < -0.3 is 10.6 Å². The fraction of sp³-hybridized carbons (Fsp3) is 0.600. The summed E-state index contributed by atoms with van der Waals surface area (Å²) in [6, 6.07) is 3.56. The van der Waals surface area contributed by atoms with Gasteiger partial charge in [-0.15, -0.1) is 0 Å². The number of hydrogen-bond acceptors (Lipinski definition) is 3. The maximum Gasteiger partial charge on any atom is 0.240 e. The minimum atomic E-state index is -0.427. The smallest absolute Gasteiger partial charge is 0.240 e. The Morgan fingerprint density at radius 1 is 1.42 bits per heavy atom. The van der Waals surface area contributed by atoms with Crippen LogP contribution in [0.2, 0.25) is 0 Å². The summed E-state index contributed by atoms with van der Waals surface area (Å²) >= 11 is 0. The molecule has 0 saturated carbocycles. The zero-order chi connectivity index (χ0) is 14.4. The fourth-order valence-corrected chi connectivity index (χ4v) is 1.89. The second-order valence-corrected chi connectivity index (χ2v) is 5.33. The van der Waals surface area contributed by atoms with Crippen molar-refractivity contribution < 1.29 is 4.79 Å². The maximum absolute atomic E-state index is 12.5. The first-order chi connectivity index (χ1) is 8.97. The average molecular weight is 263 g/mol. The van der Waals surface area contributed by atoms with Crippen LogP contribution in [0.4, 0.5) is 0 Å². The van der Waals surface area contributed by atoms with Gasteiger partial charge in [0.2, 0.25) is 5.91 Å². The molecule has 4 nitrogen and oxygen atoms in total. The molecule has 2 N–H and O–H groups in total. The molecule has 0 aliphatic rings. The van der Waals surface area contributed by atoms with Crippen molar-refractivity contribution >= 4 is 5.91 Å². The van der Waals surface area contributed by atoms with Crippen LogP contribution >= 0.6 is 0 Å². The first-order valence-electron chi connectivity index (χ1n) is 6.92. The molecular formula is C15H25N3O. The molecule has 0 fully saturated rings. The van der Waals surface area contributed by atoms with Crippen LogP contribution < -0.4 is 5.73 Å². The fourth-order valence-electron chi connectivity index (χ4n) is 1.89. The molecule has 0 unspecified atom stereocenters. The Hall–Kier alpha value is -1.42. The molecule has 4 heteroatoms. The van der Waals surface area contributed by atoms with Gasteiger partial charge in [-0.2, -0.15) is 0 Å². The van der Waals surface area contributed by atoms with Crippen LogP contribution in [0.3, 0.4) is 0 Å². The van der Waals surface area contributed by atoms with Gasteiger partial charge in [-0.25, -0.2) is 0 Å². The highest BCUT2D eigenvalue weighted by atomic mass is 16.2. The Bertz CT molecular complexity index is 392. The number of rotatable bonds is 6. The summed E-state index contributed by atoms with van der Waals surface area (Å²) in [7, 11) is 0. The van der Waals surface area contributed by atoms with Crippen LogP contribution in [0.5, 0.6) is 0 Å². The SMILES string of the molecule is CC[C@H](C)[C@H](N)C(=O)N(Cc1cccnc1)C(C)C. The summed E-state index contributed by atoms with van der Waals surface area (Å²) in [5.74, 6) is 0.218. The first kappa shape index (κ1) is 15.6. The zero-order valence-electron chi connectivity index (χ0n) is 12.3. The summed E-state index contributed by atoms with van der Waals surface area (Å²) in [6.07, 6.45) is 4.43. The van der Waals surface area contributed by atoms with Crippen molar-refractivity contribution in [1.29, 1.82) is 0 Å². The van der Waals surface area contributed by atoms with Crippen molar-refractivity contribution in [3.05, 3.63) is 30.1 Å². The number of pyridine rings is 1. The minimum absolute atomic E-state index is 0.0215. The summed E-state index contributed by atoms with van der Waals surface area (Å²) in [5.41, 5.74) is 7.09. The minimum Gasteiger partial charge on any atom is -0.335 e. The lowest BCUT2D eigenvalue weighted by Gasteiger charge is -2.31. The molecule has 1 heterocycles. The van der Waals surface area contributed by atoms with Crippen LogP contribution in [0.25, 0.3) is 0 Å². The van der Waals surface area contributed by atoms with E-state index in [4.69, 9.17) is 5.73 Å². The highest BCUT2D eigenvalue weighted by Crippen LogP contribution is 2.13. The largest absolute Gasteiger partial charge is 0.335 e. The van der Waals surface area contributed by atoms with Crippen LogP contribution in [-0.2, 0) is 11.3 Å². The predicted octanol–water partition coefficient (Wildman–Crippen LogP) is 2.19. The topological polar surface area (TPSA) is 59.2 Å². The third-order valence-corrected chi connectivity index (χ3v) is 3.52. The molecule has 1 amide bonds. The number of amides is 1. The van der Waals surface area contributed by atoms with Crippen LogP contribution in [0.15, 0.2) is 24.5 Å².